The Morgan fingerprint density at radius 2 is 1.23 bits per heavy atom. The summed E-state index contributed by atoms with van der Waals surface area (Å²) in [5.74, 6) is 0.123. The maximum absolute atomic E-state index is 10.9. The van der Waals surface area contributed by atoms with Gasteiger partial charge in [-0.25, -0.2) is 0 Å². The van der Waals surface area contributed by atoms with Gasteiger partial charge in [-0.15, -0.1) is 0 Å². The van der Waals surface area contributed by atoms with Crippen LogP contribution in [0, 0.1) is 0 Å². The van der Waals surface area contributed by atoms with Crippen molar-refractivity contribution in [3.8, 4) is 0 Å². The number of rotatable bonds is 16. The number of carbonyl (C=O) groups is 2. The van der Waals surface area contributed by atoms with Gasteiger partial charge in [0.25, 0.3) is 0 Å². The molecule has 1 amide bonds. The van der Waals surface area contributed by atoms with Crippen LogP contribution in [-0.4, -0.2) is 71.1 Å². The van der Waals surface area contributed by atoms with Gasteiger partial charge >= 0.3 is 0 Å². The number of ether oxygens (including phenoxy) is 4. The zero-order valence-electron chi connectivity index (χ0n) is 13.7. The molecular formula is C15H29NO6. The molecule has 0 aromatic heterocycles. The van der Waals surface area contributed by atoms with E-state index >= 15 is 0 Å². The Bertz CT molecular complexity index is 257. The first kappa shape index (κ1) is 21.0. The topological polar surface area (TPSA) is 83.1 Å². The highest BCUT2D eigenvalue weighted by Crippen LogP contribution is 1.85. The number of nitrogens with one attached hydrogen (secondary N) is 1. The molecule has 7 nitrogen and oxygen atoms in total. The van der Waals surface area contributed by atoms with Crippen molar-refractivity contribution in [3.05, 3.63) is 0 Å². The number of Topliss-reactive ketones (excluding diaryl/α,β-unsaturated/α-hetero) is 1. The highest BCUT2D eigenvalue weighted by molar-refractivity contribution is 5.79. The number of carbonyl (C=O) groups excluding carboxylic acids is 2. The summed E-state index contributed by atoms with van der Waals surface area (Å²) in [5.41, 5.74) is 0. The molecule has 0 aliphatic heterocycles. The fourth-order valence-electron chi connectivity index (χ4n) is 1.34. The van der Waals surface area contributed by atoms with Crippen molar-refractivity contribution in [3.63, 3.8) is 0 Å². The minimum atomic E-state index is 0.0278. The minimum Gasteiger partial charge on any atom is -0.377 e. The van der Waals surface area contributed by atoms with Gasteiger partial charge in [-0.05, 0) is 0 Å². The van der Waals surface area contributed by atoms with Crippen LogP contribution >= 0.6 is 0 Å². The molecular weight excluding hydrogens is 290 g/mol. The lowest BCUT2D eigenvalue weighted by Gasteiger charge is -2.07. The average Bonchev–Trinajstić information content (AvgIpc) is 2.54. The van der Waals surface area contributed by atoms with Gasteiger partial charge in [0.1, 0.15) is 6.61 Å². The summed E-state index contributed by atoms with van der Waals surface area (Å²) in [6.45, 7) is 7.61. The van der Waals surface area contributed by atoms with E-state index in [2.05, 4.69) is 5.32 Å². The van der Waals surface area contributed by atoms with Crippen molar-refractivity contribution in [2.24, 2.45) is 0 Å². The van der Waals surface area contributed by atoms with Crippen LogP contribution in [0.1, 0.15) is 26.7 Å². The smallest absolute Gasteiger partial charge is 0.219 e. The molecule has 0 bridgehead atoms. The summed E-state index contributed by atoms with van der Waals surface area (Å²) in [6, 6.07) is 0. The van der Waals surface area contributed by atoms with E-state index in [0.29, 0.717) is 65.6 Å². The van der Waals surface area contributed by atoms with Crippen LogP contribution in [0.3, 0.4) is 0 Å². The molecule has 0 aliphatic rings. The molecule has 0 rings (SSSR count). The Kier molecular flexibility index (Phi) is 15.6. The molecule has 0 saturated heterocycles. The normalized spacial score (nSPS) is 10.6. The minimum absolute atomic E-state index is 0.0278. The summed E-state index contributed by atoms with van der Waals surface area (Å²) < 4.78 is 21.0. The molecule has 0 aromatic carbocycles. The van der Waals surface area contributed by atoms with E-state index in [1.807, 2.05) is 13.8 Å². The molecule has 0 unspecified atom stereocenters. The van der Waals surface area contributed by atoms with Crippen molar-refractivity contribution in [2.45, 2.75) is 26.7 Å². The highest BCUT2D eigenvalue weighted by atomic mass is 16.6. The Hall–Kier alpha value is -1.02. The predicted octanol–water partition coefficient (Wildman–Crippen LogP) is 0.558. The average molecular weight is 319 g/mol. The molecule has 1 N–H and O–H groups in total. The van der Waals surface area contributed by atoms with Crippen LogP contribution in [0.2, 0.25) is 0 Å². The zero-order valence-corrected chi connectivity index (χ0v) is 13.7. The lowest BCUT2D eigenvalue weighted by Crippen LogP contribution is -2.26. The van der Waals surface area contributed by atoms with E-state index in [-0.39, 0.29) is 18.3 Å². The van der Waals surface area contributed by atoms with E-state index in [4.69, 9.17) is 18.9 Å². The summed E-state index contributed by atoms with van der Waals surface area (Å²) in [4.78, 5) is 21.9. The number of ketones is 1. The van der Waals surface area contributed by atoms with Crippen molar-refractivity contribution in [1.29, 1.82) is 0 Å². The van der Waals surface area contributed by atoms with Crippen LogP contribution in [-0.2, 0) is 28.5 Å². The summed E-state index contributed by atoms with van der Waals surface area (Å²) >= 11 is 0. The largest absolute Gasteiger partial charge is 0.377 e. The van der Waals surface area contributed by atoms with Crippen molar-refractivity contribution < 1.29 is 28.5 Å². The van der Waals surface area contributed by atoms with E-state index in [1.54, 1.807) is 0 Å². The van der Waals surface area contributed by atoms with E-state index < -0.39 is 0 Å². The first-order chi connectivity index (χ1) is 10.7. The maximum Gasteiger partial charge on any atom is 0.219 e. The maximum atomic E-state index is 10.9. The van der Waals surface area contributed by atoms with Gasteiger partial charge < -0.3 is 24.3 Å². The highest BCUT2D eigenvalue weighted by Gasteiger charge is 1.98. The molecule has 7 heteroatoms. The van der Waals surface area contributed by atoms with Crippen LogP contribution in [0.25, 0.3) is 0 Å². The second-order valence-electron chi connectivity index (χ2n) is 4.49. The SMILES string of the molecule is CCC(=O)COCCOCCOCCOCCNC(=O)CC. The van der Waals surface area contributed by atoms with Crippen LogP contribution in [0.5, 0.6) is 0 Å². The molecule has 0 saturated carbocycles. The Morgan fingerprint density at radius 3 is 1.73 bits per heavy atom. The van der Waals surface area contributed by atoms with E-state index in [0.717, 1.165) is 0 Å². The first-order valence-corrected chi connectivity index (χ1v) is 7.80. The lowest BCUT2D eigenvalue weighted by molar-refractivity contribution is -0.124. The molecule has 0 spiro atoms. The predicted molar refractivity (Wildman–Crippen MR) is 81.9 cm³/mol. The van der Waals surface area contributed by atoms with E-state index in [1.165, 1.54) is 0 Å². The molecule has 0 atom stereocenters. The van der Waals surface area contributed by atoms with Gasteiger partial charge in [-0.1, -0.05) is 13.8 Å². The molecule has 0 aliphatic carbocycles. The summed E-state index contributed by atoms with van der Waals surface area (Å²) in [7, 11) is 0. The molecule has 130 valence electrons. The van der Waals surface area contributed by atoms with Crippen LogP contribution in [0.15, 0.2) is 0 Å². The standard InChI is InChI=1S/C15H29NO6/c1-3-14(17)13-22-12-11-21-10-9-20-8-7-19-6-5-16-15(18)4-2/h3-13H2,1-2H3,(H,16,18). The fraction of sp³-hybridized carbons (Fsp3) is 0.867. The molecule has 0 radical (unpaired) electrons. The molecule has 0 heterocycles. The van der Waals surface area contributed by atoms with Crippen molar-refractivity contribution in [2.75, 3.05) is 59.4 Å². The third-order valence-electron chi connectivity index (χ3n) is 2.66. The summed E-state index contributed by atoms with van der Waals surface area (Å²) in [6.07, 6.45) is 0.991. The monoisotopic (exact) mass is 319 g/mol. The van der Waals surface area contributed by atoms with Gasteiger partial charge in [0.05, 0.1) is 46.2 Å². The van der Waals surface area contributed by atoms with Gasteiger partial charge in [0.15, 0.2) is 5.78 Å². The van der Waals surface area contributed by atoms with Crippen molar-refractivity contribution in [1.82, 2.24) is 5.32 Å². The number of amides is 1. The Morgan fingerprint density at radius 1 is 0.727 bits per heavy atom. The zero-order chi connectivity index (χ0) is 16.5. The van der Waals surface area contributed by atoms with Gasteiger partial charge in [-0.3, -0.25) is 9.59 Å². The second kappa shape index (κ2) is 16.4. The molecule has 22 heavy (non-hydrogen) atoms. The number of hydrogen-bond acceptors (Lipinski definition) is 6. The van der Waals surface area contributed by atoms with Gasteiger partial charge in [0, 0.05) is 19.4 Å². The second-order valence-corrected chi connectivity index (χ2v) is 4.49. The number of hydrogen-bond donors (Lipinski definition) is 1. The molecule has 0 aromatic rings. The first-order valence-electron chi connectivity index (χ1n) is 7.80. The van der Waals surface area contributed by atoms with Gasteiger partial charge in [-0.2, -0.15) is 0 Å². The van der Waals surface area contributed by atoms with Crippen molar-refractivity contribution >= 4 is 11.7 Å². The van der Waals surface area contributed by atoms with Crippen LogP contribution in [0.4, 0.5) is 0 Å². The fourth-order valence-corrected chi connectivity index (χ4v) is 1.34. The summed E-state index contributed by atoms with van der Waals surface area (Å²) in [5, 5.41) is 2.72. The Balaban J connectivity index is 3.05. The third kappa shape index (κ3) is 15.4. The Labute approximate surface area is 132 Å². The lowest BCUT2D eigenvalue weighted by atomic mass is 10.3. The van der Waals surface area contributed by atoms with Gasteiger partial charge in [0.2, 0.25) is 5.91 Å². The van der Waals surface area contributed by atoms with Crippen LogP contribution < -0.4 is 5.32 Å². The van der Waals surface area contributed by atoms with E-state index in [9.17, 15) is 9.59 Å². The quantitative estimate of drug-likeness (QED) is 0.419. The molecule has 0 fully saturated rings. The third-order valence-corrected chi connectivity index (χ3v) is 2.66.